The molecule has 38 heavy (non-hydrogen) atoms. The molecule has 1 aromatic heterocycles. The molecular formula is C29H26ClN3O4S. The average molecular weight is 548 g/mol. The van der Waals surface area contributed by atoms with Gasteiger partial charge in [-0.2, -0.15) is 4.31 Å². The fourth-order valence-corrected chi connectivity index (χ4v) is 6.78. The second kappa shape index (κ2) is 9.71. The molecule has 9 heteroatoms. The van der Waals surface area contributed by atoms with E-state index < -0.39 is 10.0 Å². The topological polar surface area (TPSA) is 71.9 Å². The summed E-state index contributed by atoms with van der Waals surface area (Å²) in [6.45, 7) is 1.94. The van der Waals surface area contributed by atoms with Crippen molar-refractivity contribution in [2.24, 2.45) is 0 Å². The molecule has 4 aromatic rings. The SMILES string of the molecule is CN1C(=O)/C(=C\c2cn(Cc3ccccc3Cl)c3ccccc23)c2cc(S(=O)(=O)N3CCOCC3)ccc21. The number of sulfonamides is 1. The van der Waals surface area contributed by atoms with Gasteiger partial charge in [-0.05, 0) is 42.0 Å². The number of nitrogens with zero attached hydrogens (tertiary/aromatic N) is 3. The fourth-order valence-electron chi connectivity index (χ4n) is 5.15. The quantitative estimate of drug-likeness (QED) is 0.334. The van der Waals surface area contributed by atoms with Crippen molar-refractivity contribution in [2.75, 3.05) is 38.3 Å². The van der Waals surface area contributed by atoms with E-state index in [9.17, 15) is 13.2 Å². The summed E-state index contributed by atoms with van der Waals surface area (Å²) in [4.78, 5) is 15.1. The van der Waals surface area contributed by atoms with Crippen LogP contribution >= 0.6 is 11.6 Å². The van der Waals surface area contributed by atoms with Gasteiger partial charge >= 0.3 is 0 Å². The highest BCUT2D eigenvalue weighted by Crippen LogP contribution is 2.39. The number of para-hydroxylation sites is 1. The Hall–Kier alpha value is -3.43. The number of fused-ring (bicyclic) bond motifs is 2. The molecule has 0 aliphatic carbocycles. The number of rotatable bonds is 5. The Morgan fingerprint density at radius 1 is 1.00 bits per heavy atom. The molecule has 0 N–H and O–H groups in total. The smallest absolute Gasteiger partial charge is 0.258 e. The molecule has 3 aromatic carbocycles. The van der Waals surface area contributed by atoms with Gasteiger partial charge in [0, 0.05) is 65.5 Å². The monoisotopic (exact) mass is 547 g/mol. The van der Waals surface area contributed by atoms with Crippen LogP contribution in [-0.4, -0.2) is 56.5 Å². The van der Waals surface area contributed by atoms with Crippen LogP contribution in [-0.2, 0) is 26.1 Å². The third kappa shape index (κ3) is 4.23. The van der Waals surface area contributed by atoms with Crippen LogP contribution in [0.1, 0.15) is 16.7 Å². The first kappa shape index (κ1) is 24.9. The van der Waals surface area contributed by atoms with Crippen LogP contribution in [0.2, 0.25) is 5.02 Å². The van der Waals surface area contributed by atoms with Crippen LogP contribution in [0.25, 0.3) is 22.6 Å². The number of anilines is 1. The van der Waals surface area contributed by atoms with E-state index in [-0.39, 0.29) is 10.8 Å². The van der Waals surface area contributed by atoms with E-state index in [1.807, 2.05) is 60.8 Å². The summed E-state index contributed by atoms with van der Waals surface area (Å²) in [6, 6.07) is 20.7. The van der Waals surface area contributed by atoms with Crippen molar-refractivity contribution < 1.29 is 17.9 Å². The number of amides is 1. The zero-order chi connectivity index (χ0) is 26.4. The van der Waals surface area contributed by atoms with Gasteiger partial charge in [-0.1, -0.05) is 48.0 Å². The summed E-state index contributed by atoms with van der Waals surface area (Å²) in [6.07, 6.45) is 3.88. The summed E-state index contributed by atoms with van der Waals surface area (Å²) < 4.78 is 35.5. The molecule has 0 atom stereocenters. The van der Waals surface area contributed by atoms with Crippen molar-refractivity contribution in [1.82, 2.24) is 8.87 Å². The Morgan fingerprint density at radius 2 is 1.74 bits per heavy atom. The highest BCUT2D eigenvalue weighted by molar-refractivity contribution is 7.89. The van der Waals surface area contributed by atoms with Crippen molar-refractivity contribution in [3.63, 3.8) is 0 Å². The molecule has 3 heterocycles. The van der Waals surface area contributed by atoms with Crippen LogP contribution < -0.4 is 4.90 Å². The van der Waals surface area contributed by atoms with Crippen LogP contribution in [0, 0.1) is 0 Å². The Kier molecular flexibility index (Phi) is 6.36. The van der Waals surface area contributed by atoms with Crippen molar-refractivity contribution in [1.29, 1.82) is 0 Å². The van der Waals surface area contributed by atoms with Gasteiger partial charge in [0.1, 0.15) is 0 Å². The second-order valence-electron chi connectivity index (χ2n) is 9.44. The fraction of sp³-hybridized carbons (Fsp3) is 0.207. The maximum Gasteiger partial charge on any atom is 0.258 e. The zero-order valence-electron chi connectivity index (χ0n) is 20.8. The average Bonchev–Trinajstić information content (AvgIpc) is 3.40. The predicted molar refractivity (Wildman–Crippen MR) is 150 cm³/mol. The van der Waals surface area contributed by atoms with Crippen LogP contribution in [0.3, 0.4) is 0 Å². The molecule has 6 rings (SSSR count). The largest absolute Gasteiger partial charge is 0.379 e. The van der Waals surface area contributed by atoms with Gasteiger partial charge in [0.15, 0.2) is 0 Å². The number of benzene rings is 3. The number of aromatic nitrogens is 1. The summed E-state index contributed by atoms with van der Waals surface area (Å²) in [5.41, 5.74) is 4.63. The highest BCUT2D eigenvalue weighted by atomic mass is 35.5. The van der Waals surface area contributed by atoms with Crippen LogP contribution in [0.15, 0.2) is 77.8 Å². The number of hydrogen-bond donors (Lipinski definition) is 0. The lowest BCUT2D eigenvalue weighted by Crippen LogP contribution is -2.40. The van der Waals surface area contributed by atoms with Gasteiger partial charge in [0.05, 0.1) is 23.8 Å². The Balaban J connectivity index is 1.44. The molecule has 0 radical (unpaired) electrons. The van der Waals surface area contributed by atoms with Crippen molar-refractivity contribution >= 4 is 55.8 Å². The molecule has 0 bridgehead atoms. The van der Waals surface area contributed by atoms with Crippen molar-refractivity contribution in [3.8, 4) is 0 Å². The summed E-state index contributed by atoms with van der Waals surface area (Å²) in [5, 5.41) is 1.69. The number of carbonyl (C=O) groups is 1. The van der Waals surface area contributed by atoms with E-state index >= 15 is 0 Å². The van der Waals surface area contributed by atoms with E-state index in [1.54, 1.807) is 30.1 Å². The maximum atomic E-state index is 13.4. The van der Waals surface area contributed by atoms with E-state index in [1.165, 1.54) is 4.31 Å². The number of ether oxygens (including phenoxy) is 1. The number of hydrogen-bond acceptors (Lipinski definition) is 4. The molecule has 1 saturated heterocycles. The Morgan fingerprint density at radius 3 is 2.53 bits per heavy atom. The molecule has 2 aliphatic rings. The minimum atomic E-state index is -3.70. The van der Waals surface area contributed by atoms with Crippen molar-refractivity contribution in [3.05, 3.63) is 94.6 Å². The number of morpholine rings is 1. The first-order chi connectivity index (χ1) is 18.3. The van der Waals surface area contributed by atoms with E-state index in [2.05, 4.69) is 4.57 Å². The molecule has 1 amide bonds. The number of carbonyl (C=O) groups excluding carboxylic acids is 1. The first-order valence-electron chi connectivity index (χ1n) is 12.4. The molecule has 2 aliphatic heterocycles. The standard InChI is InChI=1S/C29H26ClN3O4S/c1-31-27-11-10-22(38(35,36)33-12-14-37-15-13-33)17-24(27)25(29(31)34)16-21-19-32(28-9-5-3-7-23(21)28)18-20-6-2-4-8-26(20)30/h2-11,16-17,19H,12-15,18H2,1H3/b25-16-. The lowest BCUT2D eigenvalue weighted by atomic mass is 10.0. The number of halogens is 1. The summed E-state index contributed by atoms with van der Waals surface area (Å²) in [5.74, 6) is -0.177. The van der Waals surface area contributed by atoms with E-state index in [4.69, 9.17) is 16.3 Å². The zero-order valence-corrected chi connectivity index (χ0v) is 22.4. The van der Waals surface area contributed by atoms with Gasteiger partial charge in [0.2, 0.25) is 10.0 Å². The molecule has 0 unspecified atom stereocenters. The highest BCUT2D eigenvalue weighted by Gasteiger charge is 2.33. The van der Waals surface area contributed by atoms with Gasteiger partial charge in [-0.15, -0.1) is 0 Å². The Bertz CT molecular complexity index is 1700. The summed E-state index contributed by atoms with van der Waals surface area (Å²) in [7, 11) is -2.00. The normalized spacial score (nSPS) is 17.5. The molecule has 194 valence electrons. The first-order valence-corrected chi connectivity index (χ1v) is 14.2. The minimum Gasteiger partial charge on any atom is -0.379 e. The molecule has 0 saturated carbocycles. The molecule has 7 nitrogen and oxygen atoms in total. The molecule has 0 spiro atoms. The van der Waals surface area contributed by atoms with Crippen LogP contribution in [0.4, 0.5) is 5.69 Å². The lowest BCUT2D eigenvalue weighted by molar-refractivity contribution is -0.112. The minimum absolute atomic E-state index is 0.174. The van der Waals surface area contributed by atoms with E-state index in [0.717, 1.165) is 22.0 Å². The van der Waals surface area contributed by atoms with E-state index in [0.29, 0.717) is 54.7 Å². The van der Waals surface area contributed by atoms with Gasteiger partial charge in [0.25, 0.3) is 5.91 Å². The Labute approximate surface area is 226 Å². The molecular weight excluding hydrogens is 522 g/mol. The van der Waals surface area contributed by atoms with Crippen molar-refractivity contribution in [2.45, 2.75) is 11.4 Å². The summed E-state index contributed by atoms with van der Waals surface area (Å²) >= 11 is 6.43. The third-order valence-electron chi connectivity index (χ3n) is 7.18. The third-order valence-corrected chi connectivity index (χ3v) is 9.44. The molecule has 1 fully saturated rings. The van der Waals surface area contributed by atoms with Gasteiger partial charge in [-0.25, -0.2) is 8.42 Å². The predicted octanol–water partition coefficient (Wildman–Crippen LogP) is 4.88. The number of likely N-dealkylation sites (N-methyl/N-ethyl adjacent to an activating group) is 1. The maximum absolute atomic E-state index is 13.4. The second-order valence-corrected chi connectivity index (χ2v) is 11.8. The van der Waals surface area contributed by atoms with Crippen LogP contribution in [0.5, 0.6) is 0 Å². The van der Waals surface area contributed by atoms with Gasteiger partial charge in [-0.3, -0.25) is 4.79 Å². The lowest BCUT2D eigenvalue weighted by Gasteiger charge is -2.26. The van der Waals surface area contributed by atoms with Gasteiger partial charge < -0.3 is 14.2 Å².